The zero-order valence-electron chi connectivity index (χ0n) is 14.0. The van der Waals surface area contributed by atoms with Crippen LogP contribution in [0, 0.1) is 0 Å². The molecule has 1 amide bonds. The van der Waals surface area contributed by atoms with Crippen molar-refractivity contribution in [3.63, 3.8) is 0 Å². The highest BCUT2D eigenvalue weighted by Gasteiger charge is 2.30. The Labute approximate surface area is 152 Å². The minimum atomic E-state index is -0.360. The van der Waals surface area contributed by atoms with Gasteiger partial charge in [0.05, 0.1) is 6.21 Å². The molecule has 0 radical (unpaired) electrons. The second-order valence-electron chi connectivity index (χ2n) is 5.98. The van der Waals surface area contributed by atoms with E-state index in [9.17, 15) is 4.79 Å². The van der Waals surface area contributed by atoms with E-state index in [0.29, 0.717) is 11.4 Å². The fourth-order valence-corrected chi connectivity index (χ4v) is 3.04. The smallest absolute Gasteiger partial charge is 0.258 e. The van der Waals surface area contributed by atoms with Gasteiger partial charge in [-0.3, -0.25) is 4.79 Å². The van der Waals surface area contributed by atoms with Crippen molar-refractivity contribution in [1.82, 2.24) is 16.3 Å². The van der Waals surface area contributed by atoms with Crippen molar-refractivity contribution < 1.29 is 4.79 Å². The molecule has 130 valence electrons. The zero-order chi connectivity index (χ0) is 17.6. The molecule has 5 nitrogen and oxygen atoms in total. The van der Waals surface area contributed by atoms with Gasteiger partial charge in [-0.05, 0) is 35.6 Å². The number of nitrogens with zero attached hydrogens (tertiary/aromatic N) is 1. The van der Waals surface area contributed by atoms with Gasteiger partial charge in [-0.1, -0.05) is 61.0 Å². The monoisotopic (exact) mass is 356 g/mol. The van der Waals surface area contributed by atoms with Gasteiger partial charge in [-0.2, -0.15) is 5.10 Å². The Hall–Kier alpha value is -2.21. The molecule has 1 saturated heterocycles. The van der Waals surface area contributed by atoms with Gasteiger partial charge < -0.3 is 0 Å². The zero-order valence-corrected chi connectivity index (χ0v) is 14.8. The summed E-state index contributed by atoms with van der Waals surface area (Å²) in [7, 11) is 0. The number of hydrogen-bond acceptors (Lipinski definition) is 4. The Bertz CT molecular complexity index is 760. The van der Waals surface area contributed by atoms with E-state index in [4.69, 9.17) is 11.6 Å². The molecule has 0 aromatic heterocycles. The normalized spacial score (nSPS) is 20.1. The molecule has 2 aromatic rings. The van der Waals surface area contributed by atoms with Crippen molar-refractivity contribution in [2.75, 3.05) is 0 Å². The number of hydrazone groups is 1. The number of amides is 1. The summed E-state index contributed by atoms with van der Waals surface area (Å²) in [5, 5.41) is 4.73. The van der Waals surface area contributed by atoms with E-state index < -0.39 is 0 Å². The van der Waals surface area contributed by atoms with Crippen molar-refractivity contribution in [3.8, 4) is 0 Å². The number of aryl methyl sites for hydroxylation is 1. The van der Waals surface area contributed by atoms with Crippen LogP contribution in [-0.2, 0) is 11.2 Å². The summed E-state index contributed by atoms with van der Waals surface area (Å²) < 4.78 is 0. The molecule has 0 saturated carbocycles. The Kier molecular flexibility index (Phi) is 5.81. The van der Waals surface area contributed by atoms with E-state index in [2.05, 4.69) is 40.4 Å². The van der Waals surface area contributed by atoms with E-state index in [-0.39, 0.29) is 18.0 Å². The molecule has 3 rings (SSSR count). The van der Waals surface area contributed by atoms with Gasteiger partial charge in [-0.25, -0.2) is 16.3 Å². The molecule has 2 unspecified atom stereocenters. The summed E-state index contributed by atoms with van der Waals surface area (Å²) in [4.78, 5) is 12.2. The van der Waals surface area contributed by atoms with E-state index in [1.165, 1.54) is 5.56 Å². The number of nitrogens with one attached hydrogen (secondary N) is 3. The fourth-order valence-electron chi connectivity index (χ4n) is 2.78. The van der Waals surface area contributed by atoms with Crippen molar-refractivity contribution >= 4 is 23.7 Å². The van der Waals surface area contributed by atoms with E-state index in [1.807, 2.05) is 36.4 Å². The van der Waals surface area contributed by atoms with Crippen LogP contribution in [0.5, 0.6) is 0 Å². The predicted octanol–water partition coefficient (Wildman–Crippen LogP) is 2.96. The van der Waals surface area contributed by atoms with E-state index in [1.54, 1.807) is 6.21 Å². The molecule has 25 heavy (non-hydrogen) atoms. The Balaban J connectivity index is 1.53. The van der Waals surface area contributed by atoms with Crippen LogP contribution in [0.3, 0.4) is 0 Å². The lowest BCUT2D eigenvalue weighted by atomic mass is 10.0. The van der Waals surface area contributed by atoms with Crippen LogP contribution in [0.4, 0.5) is 0 Å². The molecule has 0 bridgehead atoms. The lowest BCUT2D eigenvalue weighted by Gasteiger charge is -2.11. The summed E-state index contributed by atoms with van der Waals surface area (Å²) >= 11 is 6.21. The van der Waals surface area contributed by atoms with Gasteiger partial charge in [0, 0.05) is 11.1 Å². The standard InChI is InChI=1S/C19H21ClN4O/c1-2-13-7-9-14(10-8-13)12-21-24-19(25)18-11-17(22-23-18)15-5-3-4-6-16(15)20/h3-10,12,17-18,22-23H,2,11H2,1H3,(H,24,25)/b21-12+. The number of hydrazine groups is 1. The van der Waals surface area contributed by atoms with Crippen LogP contribution >= 0.6 is 11.6 Å². The molecule has 6 heteroatoms. The van der Waals surface area contributed by atoms with Gasteiger partial charge >= 0.3 is 0 Å². The van der Waals surface area contributed by atoms with E-state index >= 15 is 0 Å². The van der Waals surface area contributed by atoms with Gasteiger partial charge in [0.25, 0.3) is 5.91 Å². The van der Waals surface area contributed by atoms with Crippen LogP contribution in [0.1, 0.15) is 36.1 Å². The molecule has 1 heterocycles. The lowest BCUT2D eigenvalue weighted by Crippen LogP contribution is -2.41. The summed E-state index contributed by atoms with van der Waals surface area (Å²) in [5.41, 5.74) is 11.9. The van der Waals surface area contributed by atoms with Crippen molar-refractivity contribution in [2.24, 2.45) is 5.10 Å². The summed E-state index contributed by atoms with van der Waals surface area (Å²) in [6.45, 7) is 2.11. The molecule has 1 aliphatic heterocycles. The number of carbonyl (C=O) groups excluding carboxylic acids is 1. The van der Waals surface area contributed by atoms with Crippen LogP contribution in [0.25, 0.3) is 0 Å². The summed E-state index contributed by atoms with van der Waals surface area (Å²) in [6.07, 6.45) is 3.25. The number of halogens is 1. The first kappa shape index (κ1) is 17.6. The topological polar surface area (TPSA) is 65.5 Å². The Morgan fingerprint density at radius 3 is 2.72 bits per heavy atom. The molecule has 0 aliphatic carbocycles. The Morgan fingerprint density at radius 2 is 2.00 bits per heavy atom. The molecule has 2 atom stereocenters. The highest BCUT2D eigenvalue weighted by molar-refractivity contribution is 6.31. The minimum absolute atomic E-state index is 0.00461. The second kappa shape index (κ2) is 8.25. The minimum Gasteiger partial charge on any atom is -0.271 e. The third-order valence-corrected chi connectivity index (χ3v) is 4.62. The molecule has 2 aromatic carbocycles. The van der Waals surface area contributed by atoms with Gasteiger partial charge in [0.1, 0.15) is 6.04 Å². The summed E-state index contributed by atoms with van der Waals surface area (Å²) in [6, 6.07) is 15.3. The average molecular weight is 357 g/mol. The first-order chi connectivity index (χ1) is 12.2. The van der Waals surface area contributed by atoms with Crippen LogP contribution in [0.2, 0.25) is 5.02 Å². The van der Waals surface area contributed by atoms with Crippen molar-refractivity contribution in [1.29, 1.82) is 0 Å². The Morgan fingerprint density at radius 1 is 1.24 bits per heavy atom. The molecular weight excluding hydrogens is 336 g/mol. The number of benzene rings is 2. The maximum absolute atomic E-state index is 12.2. The van der Waals surface area contributed by atoms with Crippen LogP contribution < -0.4 is 16.3 Å². The maximum atomic E-state index is 12.2. The third-order valence-electron chi connectivity index (χ3n) is 4.28. The van der Waals surface area contributed by atoms with E-state index in [0.717, 1.165) is 17.5 Å². The number of carbonyl (C=O) groups is 1. The molecule has 1 aliphatic rings. The van der Waals surface area contributed by atoms with Crippen LogP contribution in [0.15, 0.2) is 53.6 Å². The highest BCUT2D eigenvalue weighted by atomic mass is 35.5. The largest absolute Gasteiger partial charge is 0.271 e. The summed E-state index contributed by atoms with van der Waals surface area (Å²) in [5.74, 6) is -0.177. The van der Waals surface area contributed by atoms with Gasteiger partial charge in [0.2, 0.25) is 0 Å². The predicted molar refractivity (Wildman–Crippen MR) is 100 cm³/mol. The molecule has 1 fully saturated rings. The molecule has 3 N–H and O–H groups in total. The van der Waals surface area contributed by atoms with Crippen molar-refractivity contribution in [2.45, 2.75) is 31.8 Å². The van der Waals surface area contributed by atoms with Gasteiger partial charge in [-0.15, -0.1) is 0 Å². The lowest BCUT2D eigenvalue weighted by molar-refractivity contribution is -0.122. The number of hydrogen-bond donors (Lipinski definition) is 3. The SMILES string of the molecule is CCc1ccc(/C=N/NC(=O)C2CC(c3ccccc3Cl)NN2)cc1. The first-order valence-electron chi connectivity index (χ1n) is 8.34. The first-order valence-corrected chi connectivity index (χ1v) is 8.72. The van der Waals surface area contributed by atoms with Crippen LogP contribution in [-0.4, -0.2) is 18.2 Å². The molecular formula is C19H21ClN4O. The quantitative estimate of drug-likeness (QED) is 0.570. The number of rotatable bonds is 5. The second-order valence-corrected chi connectivity index (χ2v) is 6.39. The molecule has 0 spiro atoms. The van der Waals surface area contributed by atoms with Crippen molar-refractivity contribution in [3.05, 3.63) is 70.2 Å². The maximum Gasteiger partial charge on any atom is 0.258 e. The third kappa shape index (κ3) is 4.45. The fraction of sp³-hybridized carbons (Fsp3) is 0.263. The van der Waals surface area contributed by atoms with Gasteiger partial charge in [0.15, 0.2) is 0 Å². The average Bonchev–Trinajstić information content (AvgIpc) is 3.12. The highest BCUT2D eigenvalue weighted by Crippen LogP contribution is 2.28.